The Labute approximate surface area is 127 Å². The van der Waals surface area contributed by atoms with Crippen LogP contribution in [0.5, 0.6) is 0 Å². The summed E-state index contributed by atoms with van der Waals surface area (Å²) in [5, 5.41) is 4.57. The summed E-state index contributed by atoms with van der Waals surface area (Å²) in [6, 6.07) is 9.16. The van der Waals surface area contributed by atoms with E-state index < -0.39 is 0 Å². The molecule has 1 saturated heterocycles. The standard InChI is InChI=1S/C17H26ClNO/c1-4-17(3)12-16(8-9-20-17)19-13(2)10-14-6-5-7-15(18)11-14/h5-7,11,13,16,19H,4,8-10,12H2,1-3H3. The fourth-order valence-corrected chi connectivity index (χ4v) is 3.21. The first-order valence-corrected chi connectivity index (χ1v) is 8.03. The predicted octanol–water partition coefficient (Wildman–Crippen LogP) is 4.21. The summed E-state index contributed by atoms with van der Waals surface area (Å²) >= 11 is 6.04. The van der Waals surface area contributed by atoms with E-state index in [0.29, 0.717) is 12.1 Å². The van der Waals surface area contributed by atoms with Gasteiger partial charge in [-0.3, -0.25) is 0 Å². The zero-order valence-electron chi connectivity index (χ0n) is 12.8. The van der Waals surface area contributed by atoms with Crippen molar-refractivity contribution in [1.29, 1.82) is 0 Å². The van der Waals surface area contributed by atoms with Crippen molar-refractivity contribution in [1.82, 2.24) is 5.32 Å². The molecule has 1 aromatic rings. The maximum Gasteiger partial charge on any atom is 0.0666 e. The summed E-state index contributed by atoms with van der Waals surface area (Å²) in [6.45, 7) is 7.55. The Morgan fingerprint density at radius 1 is 1.50 bits per heavy atom. The maximum atomic E-state index is 6.04. The van der Waals surface area contributed by atoms with E-state index >= 15 is 0 Å². The van der Waals surface area contributed by atoms with E-state index in [9.17, 15) is 0 Å². The van der Waals surface area contributed by atoms with Gasteiger partial charge in [-0.25, -0.2) is 0 Å². The van der Waals surface area contributed by atoms with Crippen LogP contribution in [-0.2, 0) is 11.2 Å². The topological polar surface area (TPSA) is 21.3 Å². The van der Waals surface area contributed by atoms with Crippen LogP contribution in [0.2, 0.25) is 5.02 Å². The summed E-state index contributed by atoms with van der Waals surface area (Å²) in [5.41, 5.74) is 1.34. The van der Waals surface area contributed by atoms with Gasteiger partial charge in [0.1, 0.15) is 0 Å². The molecule has 3 unspecified atom stereocenters. The second-order valence-electron chi connectivity index (χ2n) is 6.24. The first kappa shape index (κ1) is 15.8. The average Bonchev–Trinajstić information content (AvgIpc) is 2.38. The minimum Gasteiger partial charge on any atom is -0.375 e. The van der Waals surface area contributed by atoms with Crippen LogP contribution < -0.4 is 5.32 Å². The molecule has 2 nitrogen and oxygen atoms in total. The first-order chi connectivity index (χ1) is 9.50. The van der Waals surface area contributed by atoms with Crippen LogP contribution in [0.25, 0.3) is 0 Å². The van der Waals surface area contributed by atoms with Crippen molar-refractivity contribution >= 4 is 11.6 Å². The molecule has 0 aromatic heterocycles. The molecule has 1 aliphatic rings. The number of hydrogen-bond acceptors (Lipinski definition) is 2. The highest BCUT2D eigenvalue weighted by atomic mass is 35.5. The molecule has 0 amide bonds. The van der Waals surface area contributed by atoms with Gasteiger partial charge in [-0.2, -0.15) is 0 Å². The van der Waals surface area contributed by atoms with Gasteiger partial charge in [-0.1, -0.05) is 30.7 Å². The van der Waals surface area contributed by atoms with E-state index in [-0.39, 0.29) is 5.60 Å². The van der Waals surface area contributed by atoms with Gasteiger partial charge >= 0.3 is 0 Å². The molecule has 0 radical (unpaired) electrons. The van der Waals surface area contributed by atoms with Gasteiger partial charge in [0.25, 0.3) is 0 Å². The van der Waals surface area contributed by atoms with Gasteiger partial charge in [0.2, 0.25) is 0 Å². The maximum absolute atomic E-state index is 6.04. The van der Waals surface area contributed by atoms with Gasteiger partial charge in [0.15, 0.2) is 0 Å². The number of rotatable bonds is 5. The average molecular weight is 296 g/mol. The minimum absolute atomic E-state index is 0.0473. The summed E-state index contributed by atoms with van der Waals surface area (Å²) in [4.78, 5) is 0. The lowest BCUT2D eigenvalue weighted by atomic mass is 9.89. The monoisotopic (exact) mass is 295 g/mol. The van der Waals surface area contributed by atoms with E-state index in [0.717, 1.165) is 37.3 Å². The molecule has 0 spiro atoms. The summed E-state index contributed by atoms with van der Waals surface area (Å²) in [7, 11) is 0. The first-order valence-electron chi connectivity index (χ1n) is 7.65. The Hall–Kier alpha value is -0.570. The Balaban J connectivity index is 1.86. The Morgan fingerprint density at radius 3 is 3.00 bits per heavy atom. The molecule has 112 valence electrons. The van der Waals surface area contributed by atoms with Crippen LogP contribution in [0.3, 0.4) is 0 Å². The van der Waals surface area contributed by atoms with Crippen LogP contribution >= 0.6 is 11.6 Å². The third-order valence-corrected chi connectivity index (χ3v) is 4.53. The number of hydrogen-bond donors (Lipinski definition) is 1. The lowest BCUT2D eigenvalue weighted by Crippen LogP contribution is -2.48. The van der Waals surface area contributed by atoms with Gasteiger partial charge in [0.05, 0.1) is 5.60 Å². The number of halogens is 1. The second-order valence-corrected chi connectivity index (χ2v) is 6.68. The van der Waals surface area contributed by atoms with E-state index in [1.165, 1.54) is 5.56 Å². The van der Waals surface area contributed by atoms with Crippen molar-refractivity contribution in [2.75, 3.05) is 6.61 Å². The molecule has 0 aliphatic carbocycles. The Bertz CT molecular complexity index is 437. The zero-order valence-corrected chi connectivity index (χ0v) is 13.5. The second kappa shape index (κ2) is 6.93. The Kier molecular flexibility index (Phi) is 5.48. The third-order valence-electron chi connectivity index (χ3n) is 4.29. The normalized spacial score (nSPS) is 28.3. The van der Waals surface area contributed by atoms with Crippen LogP contribution in [-0.4, -0.2) is 24.3 Å². The molecule has 1 aliphatic heterocycles. The molecule has 1 N–H and O–H groups in total. The molecule has 3 atom stereocenters. The zero-order chi connectivity index (χ0) is 14.6. The highest BCUT2D eigenvalue weighted by molar-refractivity contribution is 6.30. The van der Waals surface area contributed by atoms with Crippen molar-refractivity contribution in [3.8, 4) is 0 Å². The van der Waals surface area contributed by atoms with Gasteiger partial charge < -0.3 is 10.1 Å². The third kappa shape index (κ3) is 4.47. The molecule has 0 saturated carbocycles. The summed E-state index contributed by atoms with van der Waals surface area (Å²) in [6.07, 6.45) is 4.30. The van der Waals surface area contributed by atoms with Crippen LogP contribution in [0.1, 0.15) is 45.6 Å². The van der Waals surface area contributed by atoms with Crippen molar-refractivity contribution < 1.29 is 4.74 Å². The van der Waals surface area contributed by atoms with E-state index in [2.05, 4.69) is 38.2 Å². The molecule has 20 heavy (non-hydrogen) atoms. The molecular weight excluding hydrogens is 270 g/mol. The molecule has 1 fully saturated rings. The lowest BCUT2D eigenvalue weighted by molar-refractivity contribution is -0.0788. The number of benzene rings is 1. The van der Waals surface area contributed by atoms with Crippen LogP contribution in [0.4, 0.5) is 0 Å². The number of nitrogens with one attached hydrogen (secondary N) is 1. The van der Waals surface area contributed by atoms with Crippen LogP contribution in [0, 0.1) is 0 Å². The lowest BCUT2D eigenvalue weighted by Gasteiger charge is -2.39. The smallest absolute Gasteiger partial charge is 0.0666 e. The Morgan fingerprint density at radius 2 is 2.30 bits per heavy atom. The SMILES string of the molecule is CCC1(C)CC(NC(C)Cc2cccc(Cl)c2)CCO1. The summed E-state index contributed by atoms with van der Waals surface area (Å²) < 4.78 is 5.90. The van der Waals surface area contributed by atoms with E-state index in [4.69, 9.17) is 16.3 Å². The van der Waals surface area contributed by atoms with E-state index in [1.54, 1.807) is 0 Å². The van der Waals surface area contributed by atoms with Gasteiger partial charge in [-0.05, 0) is 57.2 Å². The molecule has 1 heterocycles. The molecule has 1 aromatic carbocycles. The summed E-state index contributed by atoms with van der Waals surface area (Å²) in [5.74, 6) is 0. The van der Waals surface area contributed by atoms with Crippen molar-refractivity contribution in [2.45, 2.75) is 64.1 Å². The van der Waals surface area contributed by atoms with Crippen molar-refractivity contribution in [2.24, 2.45) is 0 Å². The van der Waals surface area contributed by atoms with Crippen molar-refractivity contribution in [3.63, 3.8) is 0 Å². The number of ether oxygens (including phenoxy) is 1. The van der Waals surface area contributed by atoms with Gasteiger partial charge in [0, 0.05) is 23.7 Å². The highest BCUT2D eigenvalue weighted by Gasteiger charge is 2.31. The van der Waals surface area contributed by atoms with E-state index in [1.807, 2.05) is 12.1 Å². The highest BCUT2D eigenvalue weighted by Crippen LogP contribution is 2.28. The quantitative estimate of drug-likeness (QED) is 0.878. The van der Waals surface area contributed by atoms with Crippen LogP contribution in [0.15, 0.2) is 24.3 Å². The fourth-order valence-electron chi connectivity index (χ4n) is 3.00. The largest absolute Gasteiger partial charge is 0.375 e. The molecular formula is C17H26ClNO. The van der Waals surface area contributed by atoms with Gasteiger partial charge in [-0.15, -0.1) is 0 Å². The predicted molar refractivity (Wildman–Crippen MR) is 85.4 cm³/mol. The van der Waals surface area contributed by atoms with Crippen molar-refractivity contribution in [3.05, 3.63) is 34.9 Å². The minimum atomic E-state index is 0.0473. The fraction of sp³-hybridized carbons (Fsp3) is 0.647. The molecule has 3 heteroatoms. The molecule has 0 bridgehead atoms. The molecule has 2 rings (SSSR count).